The van der Waals surface area contributed by atoms with Gasteiger partial charge < -0.3 is 9.80 Å². The molecule has 0 unspecified atom stereocenters. The van der Waals surface area contributed by atoms with Gasteiger partial charge in [0.05, 0.1) is 29.1 Å². The van der Waals surface area contributed by atoms with Crippen LogP contribution in [-0.4, -0.2) is 56.2 Å². The molecule has 0 bridgehead atoms. The topological polar surface area (TPSA) is 79.3 Å². The van der Waals surface area contributed by atoms with Crippen molar-refractivity contribution >= 4 is 23.2 Å². The van der Waals surface area contributed by atoms with Crippen LogP contribution in [0.15, 0.2) is 17.8 Å². The normalized spacial score (nSPS) is 22.7. The maximum Gasteiger partial charge on any atom is 0.273 e. The SMILES string of the molecule is Cc1cnc(CN2C[C@]3(CCCN(C(=O)c4csc(C)n4)C3)CCC2=O)cn1. The molecule has 2 aromatic rings. The Kier molecular flexibility index (Phi) is 5.14. The second-order valence-electron chi connectivity index (χ2n) is 7.98. The lowest BCUT2D eigenvalue weighted by Gasteiger charge is -2.48. The van der Waals surface area contributed by atoms with Crippen LogP contribution in [0.3, 0.4) is 0 Å². The van der Waals surface area contributed by atoms with E-state index in [0.29, 0.717) is 31.7 Å². The van der Waals surface area contributed by atoms with Gasteiger partial charge in [0.15, 0.2) is 0 Å². The fraction of sp³-hybridized carbons (Fsp3) is 0.550. The molecule has 2 aliphatic heterocycles. The molecule has 0 aromatic carbocycles. The smallest absolute Gasteiger partial charge is 0.273 e. The number of nitrogens with zero attached hydrogens (tertiary/aromatic N) is 5. The highest BCUT2D eigenvalue weighted by Crippen LogP contribution is 2.39. The van der Waals surface area contributed by atoms with Crippen LogP contribution in [0.2, 0.25) is 0 Å². The van der Waals surface area contributed by atoms with E-state index in [-0.39, 0.29) is 17.2 Å². The Morgan fingerprint density at radius 3 is 2.79 bits per heavy atom. The summed E-state index contributed by atoms with van der Waals surface area (Å²) < 4.78 is 0. The third-order valence-electron chi connectivity index (χ3n) is 5.72. The van der Waals surface area contributed by atoms with Crippen molar-refractivity contribution < 1.29 is 9.59 Å². The molecule has 0 radical (unpaired) electrons. The predicted molar refractivity (Wildman–Crippen MR) is 106 cm³/mol. The number of piperidine rings is 2. The number of thiazole rings is 1. The maximum absolute atomic E-state index is 12.9. The van der Waals surface area contributed by atoms with Crippen LogP contribution in [0.4, 0.5) is 0 Å². The van der Waals surface area contributed by atoms with Crippen LogP contribution < -0.4 is 0 Å². The summed E-state index contributed by atoms with van der Waals surface area (Å²) in [7, 11) is 0. The molecule has 28 heavy (non-hydrogen) atoms. The molecule has 0 N–H and O–H groups in total. The predicted octanol–water partition coefficient (Wildman–Crippen LogP) is 2.59. The number of aromatic nitrogens is 3. The summed E-state index contributed by atoms with van der Waals surface area (Å²) in [4.78, 5) is 42.3. The van der Waals surface area contributed by atoms with Crippen molar-refractivity contribution in [3.05, 3.63) is 39.9 Å². The molecule has 2 aliphatic rings. The van der Waals surface area contributed by atoms with Gasteiger partial charge in [-0.2, -0.15) is 0 Å². The van der Waals surface area contributed by atoms with Crippen LogP contribution in [0.5, 0.6) is 0 Å². The first kappa shape index (κ1) is 19.0. The molecule has 2 amide bonds. The van der Waals surface area contributed by atoms with Crippen LogP contribution >= 0.6 is 11.3 Å². The van der Waals surface area contributed by atoms with E-state index in [4.69, 9.17) is 0 Å². The van der Waals surface area contributed by atoms with E-state index in [0.717, 1.165) is 42.2 Å². The van der Waals surface area contributed by atoms with Gasteiger partial charge in [-0.3, -0.25) is 19.6 Å². The Labute approximate surface area is 168 Å². The zero-order valence-electron chi connectivity index (χ0n) is 16.3. The van der Waals surface area contributed by atoms with Crippen LogP contribution in [-0.2, 0) is 11.3 Å². The molecular formula is C20H25N5O2S. The summed E-state index contributed by atoms with van der Waals surface area (Å²) in [6.07, 6.45) is 6.83. The highest BCUT2D eigenvalue weighted by atomic mass is 32.1. The Balaban J connectivity index is 1.47. The van der Waals surface area contributed by atoms with Gasteiger partial charge in [-0.15, -0.1) is 11.3 Å². The zero-order valence-corrected chi connectivity index (χ0v) is 17.2. The average Bonchev–Trinajstić information content (AvgIpc) is 3.13. The van der Waals surface area contributed by atoms with Crippen molar-refractivity contribution in [3.8, 4) is 0 Å². The molecule has 7 nitrogen and oxygen atoms in total. The lowest BCUT2D eigenvalue weighted by Crippen LogP contribution is -2.54. The number of hydrogen-bond acceptors (Lipinski definition) is 6. The summed E-state index contributed by atoms with van der Waals surface area (Å²) in [6.45, 7) is 6.40. The van der Waals surface area contributed by atoms with Gasteiger partial charge in [-0.05, 0) is 33.1 Å². The highest BCUT2D eigenvalue weighted by molar-refractivity contribution is 7.09. The lowest BCUT2D eigenvalue weighted by molar-refractivity contribution is -0.139. The number of aryl methyl sites for hydroxylation is 2. The van der Waals surface area contributed by atoms with Gasteiger partial charge in [-0.25, -0.2) is 4.98 Å². The van der Waals surface area contributed by atoms with Gasteiger partial charge >= 0.3 is 0 Å². The number of hydrogen-bond donors (Lipinski definition) is 0. The van der Waals surface area contributed by atoms with Crippen molar-refractivity contribution in [1.82, 2.24) is 24.8 Å². The number of carbonyl (C=O) groups excluding carboxylic acids is 2. The first-order valence-corrected chi connectivity index (χ1v) is 10.6. The Morgan fingerprint density at radius 2 is 2.07 bits per heavy atom. The number of rotatable bonds is 3. The highest BCUT2D eigenvalue weighted by Gasteiger charge is 2.43. The van der Waals surface area contributed by atoms with E-state index in [1.165, 1.54) is 11.3 Å². The summed E-state index contributed by atoms with van der Waals surface area (Å²) in [6, 6.07) is 0. The minimum absolute atomic E-state index is 0.0104. The molecule has 4 rings (SSSR count). The van der Waals surface area contributed by atoms with Gasteiger partial charge in [-0.1, -0.05) is 0 Å². The molecule has 1 atom stereocenters. The van der Waals surface area contributed by atoms with Crippen LogP contribution in [0.25, 0.3) is 0 Å². The molecule has 1 spiro atoms. The van der Waals surface area contributed by atoms with Crippen LogP contribution in [0, 0.1) is 19.3 Å². The largest absolute Gasteiger partial charge is 0.337 e. The van der Waals surface area contributed by atoms with E-state index < -0.39 is 0 Å². The molecule has 0 saturated carbocycles. The Bertz CT molecular complexity index is 881. The van der Waals surface area contributed by atoms with Crippen LogP contribution in [0.1, 0.15) is 52.6 Å². The summed E-state index contributed by atoms with van der Waals surface area (Å²) in [5.74, 6) is 0.169. The second-order valence-corrected chi connectivity index (χ2v) is 9.04. The monoisotopic (exact) mass is 399 g/mol. The lowest BCUT2D eigenvalue weighted by atomic mass is 9.73. The summed E-state index contributed by atoms with van der Waals surface area (Å²) in [5.41, 5.74) is 2.17. The Morgan fingerprint density at radius 1 is 1.21 bits per heavy atom. The number of carbonyl (C=O) groups is 2. The van der Waals surface area contributed by atoms with E-state index >= 15 is 0 Å². The quantitative estimate of drug-likeness (QED) is 0.793. The number of amides is 2. The molecule has 0 aliphatic carbocycles. The van der Waals surface area contributed by atoms with E-state index in [2.05, 4.69) is 15.0 Å². The van der Waals surface area contributed by atoms with E-state index in [9.17, 15) is 9.59 Å². The minimum atomic E-state index is -0.0367. The standard InChI is InChI=1S/C20H25N5O2S/c1-14-8-22-16(9-21-14)10-25-13-20(6-4-18(25)26)5-3-7-24(12-20)19(27)17-11-28-15(2)23-17/h8-9,11H,3-7,10,12-13H2,1-2H3/t20-/m1/s1. The van der Waals surface area contributed by atoms with Crippen molar-refractivity contribution in [2.45, 2.75) is 46.1 Å². The van der Waals surface area contributed by atoms with Gasteiger partial charge in [0, 0.05) is 43.0 Å². The Hall–Kier alpha value is -2.35. The van der Waals surface area contributed by atoms with Gasteiger partial charge in [0.1, 0.15) is 5.69 Å². The van der Waals surface area contributed by atoms with Crippen molar-refractivity contribution in [2.75, 3.05) is 19.6 Å². The zero-order chi connectivity index (χ0) is 19.7. The van der Waals surface area contributed by atoms with E-state index in [1.54, 1.807) is 12.4 Å². The number of likely N-dealkylation sites (tertiary alicyclic amines) is 2. The summed E-state index contributed by atoms with van der Waals surface area (Å²) >= 11 is 1.50. The fourth-order valence-electron chi connectivity index (χ4n) is 4.28. The van der Waals surface area contributed by atoms with Crippen molar-refractivity contribution in [1.29, 1.82) is 0 Å². The molecular weight excluding hydrogens is 374 g/mol. The van der Waals surface area contributed by atoms with Gasteiger partial charge in [0.2, 0.25) is 5.91 Å². The molecule has 2 saturated heterocycles. The van der Waals surface area contributed by atoms with Crippen molar-refractivity contribution in [2.24, 2.45) is 5.41 Å². The average molecular weight is 400 g/mol. The fourth-order valence-corrected chi connectivity index (χ4v) is 4.87. The second kappa shape index (κ2) is 7.58. The third-order valence-corrected chi connectivity index (χ3v) is 6.50. The molecule has 148 valence electrons. The molecule has 8 heteroatoms. The first-order chi connectivity index (χ1) is 13.4. The van der Waals surface area contributed by atoms with Crippen molar-refractivity contribution in [3.63, 3.8) is 0 Å². The first-order valence-electron chi connectivity index (χ1n) is 9.71. The molecule has 4 heterocycles. The van der Waals surface area contributed by atoms with E-state index in [1.807, 2.05) is 29.0 Å². The third kappa shape index (κ3) is 3.92. The molecule has 2 fully saturated rings. The minimum Gasteiger partial charge on any atom is -0.337 e. The van der Waals surface area contributed by atoms with Gasteiger partial charge in [0.25, 0.3) is 5.91 Å². The maximum atomic E-state index is 12.9. The summed E-state index contributed by atoms with van der Waals surface area (Å²) in [5, 5.41) is 2.75. The molecule has 2 aromatic heterocycles.